The van der Waals surface area contributed by atoms with Crippen molar-refractivity contribution in [3.8, 4) is 11.5 Å². The summed E-state index contributed by atoms with van der Waals surface area (Å²) < 4.78 is 22.3. The molecule has 33 heavy (non-hydrogen) atoms. The summed E-state index contributed by atoms with van der Waals surface area (Å²) in [6.45, 7) is 2.73. The third-order valence-electron chi connectivity index (χ3n) is 6.42. The molecule has 3 atom stereocenters. The average molecular weight is 458 g/mol. The third-order valence-corrected chi connectivity index (χ3v) is 6.42. The van der Waals surface area contributed by atoms with Gasteiger partial charge in [-0.3, -0.25) is 14.6 Å². The Morgan fingerprint density at radius 1 is 1.24 bits per heavy atom. The van der Waals surface area contributed by atoms with Crippen molar-refractivity contribution < 1.29 is 33.6 Å². The van der Waals surface area contributed by atoms with E-state index in [2.05, 4.69) is 4.99 Å². The number of allylic oxidation sites excluding steroid dienone is 2. The van der Waals surface area contributed by atoms with Gasteiger partial charge in [0.15, 0.2) is 17.3 Å². The van der Waals surface area contributed by atoms with Crippen LogP contribution in [0.1, 0.15) is 50.5 Å². The summed E-state index contributed by atoms with van der Waals surface area (Å²) in [5, 5.41) is 9.08. The second-order valence-electron chi connectivity index (χ2n) is 8.59. The molecule has 2 heterocycles. The Labute approximate surface area is 193 Å². The third kappa shape index (κ3) is 4.96. The standard InChI is InChI=1S/C25H31NO7/c1-15-22(25(29)33-14-17-5-4-11-31-17)23(24-18(26-15)6-3-7-19(24)28)16-8-9-20(32-12-10-27)21(13-16)30-2/h8-9,13,17,22-23,27H,3-7,10-12,14H2,1-2H3/t17-,22?,23+/m1/s1. The topological polar surface area (TPSA) is 104 Å². The molecule has 1 fully saturated rings. The van der Waals surface area contributed by atoms with Crippen LogP contribution in [0, 0.1) is 5.92 Å². The van der Waals surface area contributed by atoms with Gasteiger partial charge in [-0.15, -0.1) is 0 Å². The second-order valence-corrected chi connectivity index (χ2v) is 8.59. The molecule has 1 aromatic carbocycles. The van der Waals surface area contributed by atoms with Gasteiger partial charge in [0.1, 0.15) is 19.1 Å². The van der Waals surface area contributed by atoms with Crippen LogP contribution in [0.15, 0.2) is 34.5 Å². The van der Waals surface area contributed by atoms with Crippen molar-refractivity contribution in [1.29, 1.82) is 0 Å². The lowest BCUT2D eigenvalue weighted by Crippen LogP contribution is -2.38. The fourth-order valence-corrected chi connectivity index (χ4v) is 4.86. The van der Waals surface area contributed by atoms with Gasteiger partial charge in [0.05, 0.1) is 19.8 Å². The van der Waals surface area contributed by atoms with Crippen molar-refractivity contribution in [3.63, 3.8) is 0 Å². The van der Waals surface area contributed by atoms with Gasteiger partial charge >= 0.3 is 5.97 Å². The number of carbonyl (C=O) groups excluding carboxylic acids is 2. The minimum atomic E-state index is -0.707. The van der Waals surface area contributed by atoms with Crippen molar-refractivity contribution in [2.75, 3.05) is 33.5 Å². The van der Waals surface area contributed by atoms with Crippen LogP contribution in [-0.2, 0) is 19.1 Å². The number of nitrogens with zero attached hydrogens (tertiary/aromatic N) is 1. The van der Waals surface area contributed by atoms with E-state index in [9.17, 15) is 9.59 Å². The Bertz CT molecular complexity index is 962. The highest BCUT2D eigenvalue weighted by atomic mass is 16.6. The summed E-state index contributed by atoms with van der Waals surface area (Å²) in [4.78, 5) is 31.0. The number of hydrogen-bond acceptors (Lipinski definition) is 8. The lowest BCUT2D eigenvalue weighted by molar-refractivity contribution is -0.149. The van der Waals surface area contributed by atoms with E-state index in [1.165, 1.54) is 7.11 Å². The fourth-order valence-electron chi connectivity index (χ4n) is 4.86. The number of ketones is 1. The molecule has 1 aliphatic carbocycles. The molecule has 8 heteroatoms. The smallest absolute Gasteiger partial charge is 0.315 e. The number of aliphatic imine (C=N–C) groups is 1. The number of hydrogen-bond donors (Lipinski definition) is 1. The molecule has 1 N–H and O–H groups in total. The first kappa shape index (κ1) is 23.4. The van der Waals surface area contributed by atoms with Crippen LogP contribution in [0.25, 0.3) is 0 Å². The summed E-state index contributed by atoms with van der Waals surface area (Å²) in [6.07, 6.45) is 3.66. The minimum absolute atomic E-state index is 0.0222. The minimum Gasteiger partial charge on any atom is -0.493 e. The molecule has 0 radical (unpaired) electrons. The highest BCUT2D eigenvalue weighted by Crippen LogP contribution is 2.45. The maximum Gasteiger partial charge on any atom is 0.315 e. The second kappa shape index (κ2) is 10.5. The zero-order valence-electron chi connectivity index (χ0n) is 19.2. The summed E-state index contributed by atoms with van der Waals surface area (Å²) in [5.74, 6) is -0.643. The van der Waals surface area contributed by atoms with E-state index in [-0.39, 0.29) is 31.7 Å². The summed E-state index contributed by atoms with van der Waals surface area (Å²) >= 11 is 0. The van der Waals surface area contributed by atoms with Crippen LogP contribution < -0.4 is 9.47 Å². The summed E-state index contributed by atoms with van der Waals surface area (Å²) in [5.41, 5.74) is 2.76. The first-order valence-corrected chi connectivity index (χ1v) is 11.5. The lowest BCUT2D eigenvalue weighted by atomic mass is 9.71. The number of methoxy groups -OCH3 is 1. The molecule has 0 spiro atoms. The number of rotatable bonds is 8. The molecule has 3 aliphatic rings. The molecule has 4 rings (SSSR count). The molecule has 2 aliphatic heterocycles. The van der Waals surface area contributed by atoms with Gasteiger partial charge in [-0.1, -0.05) is 6.07 Å². The average Bonchev–Trinajstić information content (AvgIpc) is 3.34. The fraction of sp³-hybridized carbons (Fsp3) is 0.560. The van der Waals surface area contributed by atoms with E-state index in [1.54, 1.807) is 12.1 Å². The molecule has 1 saturated heterocycles. The molecule has 1 aromatic rings. The SMILES string of the molecule is COc1cc([C@@H]2C3=C(CCCC3=O)N=C(C)C2C(=O)OC[C@H]2CCCO2)ccc1OCCO. The monoisotopic (exact) mass is 457 g/mol. The molecular weight excluding hydrogens is 426 g/mol. The number of ether oxygens (including phenoxy) is 4. The van der Waals surface area contributed by atoms with Crippen LogP contribution in [-0.4, -0.2) is 62.2 Å². The van der Waals surface area contributed by atoms with E-state index in [0.717, 1.165) is 30.5 Å². The number of benzene rings is 1. The van der Waals surface area contributed by atoms with Gasteiger partial charge in [0, 0.05) is 35.9 Å². The highest BCUT2D eigenvalue weighted by molar-refractivity contribution is 6.08. The van der Waals surface area contributed by atoms with Crippen LogP contribution in [0.3, 0.4) is 0 Å². The molecule has 0 bridgehead atoms. The Morgan fingerprint density at radius 2 is 2.09 bits per heavy atom. The number of Topliss-reactive ketones (excluding diaryl/α,β-unsaturated/α-hetero) is 1. The quantitative estimate of drug-likeness (QED) is 0.599. The van der Waals surface area contributed by atoms with E-state index in [0.29, 0.717) is 42.2 Å². The van der Waals surface area contributed by atoms with E-state index >= 15 is 0 Å². The van der Waals surface area contributed by atoms with Crippen molar-refractivity contribution in [3.05, 3.63) is 35.0 Å². The Hall–Kier alpha value is -2.71. The summed E-state index contributed by atoms with van der Waals surface area (Å²) in [6, 6.07) is 5.38. The van der Waals surface area contributed by atoms with Crippen molar-refractivity contribution in [1.82, 2.24) is 0 Å². The Morgan fingerprint density at radius 3 is 2.82 bits per heavy atom. The normalized spacial score (nSPS) is 24.9. The van der Waals surface area contributed by atoms with Crippen LogP contribution >= 0.6 is 0 Å². The molecule has 1 unspecified atom stereocenters. The summed E-state index contributed by atoms with van der Waals surface area (Å²) in [7, 11) is 1.53. The molecular formula is C25H31NO7. The molecule has 178 valence electrons. The lowest BCUT2D eigenvalue weighted by Gasteiger charge is -2.34. The zero-order chi connectivity index (χ0) is 23.4. The predicted molar refractivity (Wildman–Crippen MR) is 121 cm³/mol. The van der Waals surface area contributed by atoms with Gasteiger partial charge in [0.2, 0.25) is 0 Å². The first-order chi connectivity index (χ1) is 16.0. The van der Waals surface area contributed by atoms with E-state index in [1.807, 2.05) is 13.0 Å². The van der Waals surface area contributed by atoms with E-state index < -0.39 is 17.8 Å². The zero-order valence-corrected chi connectivity index (χ0v) is 19.2. The number of carbonyl (C=O) groups is 2. The van der Waals surface area contributed by atoms with Crippen molar-refractivity contribution in [2.45, 2.75) is 51.0 Å². The molecule has 0 amide bonds. The predicted octanol–water partition coefficient (Wildman–Crippen LogP) is 2.97. The molecule has 0 aromatic heterocycles. The van der Waals surface area contributed by atoms with E-state index in [4.69, 9.17) is 24.1 Å². The van der Waals surface area contributed by atoms with Crippen LogP contribution in [0.5, 0.6) is 11.5 Å². The van der Waals surface area contributed by atoms with Gasteiger partial charge in [-0.05, 0) is 50.3 Å². The van der Waals surface area contributed by atoms with Gasteiger partial charge < -0.3 is 24.1 Å². The number of aliphatic hydroxyl groups excluding tert-OH is 1. The Kier molecular flexibility index (Phi) is 7.45. The number of esters is 1. The first-order valence-electron chi connectivity index (χ1n) is 11.5. The molecule has 0 saturated carbocycles. The van der Waals surface area contributed by atoms with Gasteiger partial charge in [-0.25, -0.2) is 0 Å². The maximum absolute atomic E-state index is 13.3. The van der Waals surface area contributed by atoms with Crippen LogP contribution in [0.2, 0.25) is 0 Å². The number of aliphatic hydroxyl groups is 1. The Balaban J connectivity index is 1.69. The molecule has 8 nitrogen and oxygen atoms in total. The van der Waals surface area contributed by atoms with Crippen molar-refractivity contribution >= 4 is 17.5 Å². The largest absolute Gasteiger partial charge is 0.493 e. The van der Waals surface area contributed by atoms with Crippen molar-refractivity contribution in [2.24, 2.45) is 10.9 Å². The van der Waals surface area contributed by atoms with Gasteiger partial charge in [-0.2, -0.15) is 0 Å². The maximum atomic E-state index is 13.3. The van der Waals surface area contributed by atoms with Gasteiger partial charge in [0.25, 0.3) is 0 Å². The highest BCUT2D eigenvalue weighted by Gasteiger charge is 2.43. The van der Waals surface area contributed by atoms with Crippen LogP contribution in [0.4, 0.5) is 0 Å².